The molecular formula is C27H29ClFN7O5S. The van der Waals surface area contributed by atoms with Gasteiger partial charge in [-0.2, -0.15) is 0 Å². The molecule has 1 saturated heterocycles. The van der Waals surface area contributed by atoms with Crippen LogP contribution in [0.15, 0.2) is 58.4 Å². The van der Waals surface area contributed by atoms with Crippen LogP contribution in [0.5, 0.6) is 0 Å². The third-order valence-electron chi connectivity index (χ3n) is 6.80. The molecule has 4 aromatic rings. The molecule has 1 amide bonds. The summed E-state index contributed by atoms with van der Waals surface area (Å²) < 4.78 is 50.1. The first-order valence-corrected chi connectivity index (χ1v) is 14.3. The highest BCUT2D eigenvalue weighted by atomic mass is 35.5. The van der Waals surface area contributed by atoms with Crippen LogP contribution in [0.3, 0.4) is 0 Å². The van der Waals surface area contributed by atoms with Crippen molar-refractivity contribution in [1.82, 2.24) is 19.9 Å². The molecule has 4 N–H and O–H groups in total. The number of nitrogens with one attached hydrogen (secondary N) is 2. The Morgan fingerprint density at radius 1 is 1.14 bits per heavy atom. The molecule has 0 spiro atoms. The number of benzene rings is 1. The number of aryl methyl sites for hydroxylation is 1. The van der Waals surface area contributed by atoms with Crippen molar-refractivity contribution in [2.24, 2.45) is 0 Å². The molecule has 0 radical (unpaired) electrons. The number of morpholine rings is 1. The number of hydrogen-bond acceptors (Lipinski definition) is 9. The fourth-order valence-corrected chi connectivity index (χ4v) is 5.64. The maximum absolute atomic E-state index is 15.1. The van der Waals surface area contributed by atoms with Crippen molar-refractivity contribution in [1.29, 1.82) is 0 Å². The van der Waals surface area contributed by atoms with Gasteiger partial charge in [-0.05, 0) is 43.3 Å². The van der Waals surface area contributed by atoms with Crippen molar-refractivity contribution in [3.63, 3.8) is 0 Å². The summed E-state index contributed by atoms with van der Waals surface area (Å²) >= 11 is 0. The fourth-order valence-electron chi connectivity index (χ4n) is 4.63. The van der Waals surface area contributed by atoms with Crippen molar-refractivity contribution in [2.75, 3.05) is 48.7 Å². The fraction of sp³-hybridized carbons (Fsp3) is 0.259. The molecule has 42 heavy (non-hydrogen) atoms. The topological polar surface area (TPSA) is 162 Å². The predicted molar refractivity (Wildman–Crippen MR) is 160 cm³/mol. The lowest BCUT2D eigenvalue weighted by Gasteiger charge is -2.27. The normalized spacial score (nSPS) is 13.5. The van der Waals surface area contributed by atoms with Gasteiger partial charge >= 0.3 is 0 Å². The molecule has 1 aliphatic rings. The number of carbonyl (C=O) groups excluding carboxylic acids is 1. The molecule has 12 nitrogen and oxygen atoms in total. The van der Waals surface area contributed by atoms with Gasteiger partial charge in [-0.15, -0.1) is 12.4 Å². The number of rotatable bonds is 7. The van der Waals surface area contributed by atoms with Crippen molar-refractivity contribution in [3.05, 3.63) is 70.3 Å². The van der Waals surface area contributed by atoms with Crippen LogP contribution in [0.4, 0.5) is 21.7 Å². The number of hydrogen-bond donors (Lipinski definition) is 3. The van der Waals surface area contributed by atoms with Gasteiger partial charge in [0.05, 0.1) is 30.0 Å². The first kappa shape index (κ1) is 30.7. The van der Waals surface area contributed by atoms with Gasteiger partial charge in [0.1, 0.15) is 33.6 Å². The second kappa shape index (κ2) is 12.3. The van der Waals surface area contributed by atoms with Gasteiger partial charge in [-0.3, -0.25) is 14.3 Å². The molecule has 0 bridgehead atoms. The van der Waals surface area contributed by atoms with E-state index in [1.807, 2.05) is 4.90 Å². The number of pyridine rings is 3. The summed E-state index contributed by atoms with van der Waals surface area (Å²) in [5.41, 5.74) is 6.05. The number of aromatic nitrogens is 3. The minimum atomic E-state index is -4.12. The molecule has 222 valence electrons. The van der Waals surface area contributed by atoms with Gasteiger partial charge in [0, 0.05) is 38.4 Å². The number of carbonyl (C=O) groups is 1. The van der Waals surface area contributed by atoms with E-state index in [0.29, 0.717) is 49.9 Å². The first-order valence-electron chi connectivity index (χ1n) is 12.8. The Morgan fingerprint density at radius 3 is 2.50 bits per heavy atom. The Hall–Kier alpha value is -4.27. The number of nitrogens with two attached hydrogens (primary N) is 1. The largest absolute Gasteiger partial charge is 0.384 e. The van der Waals surface area contributed by atoms with Crippen LogP contribution in [0.1, 0.15) is 17.3 Å². The number of ether oxygens (including phenoxy) is 1. The van der Waals surface area contributed by atoms with E-state index in [1.165, 1.54) is 48.1 Å². The standard InChI is InChI=1S/C27H28FN7O5S.ClH/c1-3-35-25(29)23(27(37)30-2)24(36)18-6-8-20(32-26(18)35)16-4-7-21(19(28)14-16)33-41(38,39)17-5-9-22(31-15-17)34-10-12-40-13-11-34;/h4-9,14-15,33H,3,10-13,29H2,1-2H3,(H,30,37);1H. The van der Waals surface area contributed by atoms with Crippen LogP contribution in [-0.4, -0.2) is 62.2 Å². The summed E-state index contributed by atoms with van der Waals surface area (Å²) in [7, 11) is -2.71. The minimum absolute atomic E-state index is 0. The van der Waals surface area contributed by atoms with Crippen LogP contribution in [0, 0.1) is 5.82 Å². The number of amides is 1. The molecule has 5 rings (SSSR count). The molecule has 3 aromatic heterocycles. The molecule has 0 aliphatic carbocycles. The second-order valence-electron chi connectivity index (χ2n) is 9.23. The highest BCUT2D eigenvalue weighted by Crippen LogP contribution is 2.27. The lowest BCUT2D eigenvalue weighted by molar-refractivity contribution is 0.0962. The predicted octanol–water partition coefficient (Wildman–Crippen LogP) is 2.62. The average Bonchev–Trinajstić information content (AvgIpc) is 2.98. The van der Waals surface area contributed by atoms with E-state index in [1.54, 1.807) is 13.0 Å². The van der Waals surface area contributed by atoms with Crippen molar-refractivity contribution < 1.29 is 22.3 Å². The lowest BCUT2D eigenvalue weighted by atomic mass is 10.1. The summed E-state index contributed by atoms with van der Waals surface area (Å²) in [5.74, 6) is -0.832. The number of anilines is 3. The Kier molecular flexibility index (Phi) is 8.99. The third-order valence-corrected chi connectivity index (χ3v) is 8.15. The van der Waals surface area contributed by atoms with Crippen LogP contribution < -0.4 is 26.1 Å². The molecular weight excluding hydrogens is 589 g/mol. The van der Waals surface area contributed by atoms with Gasteiger partial charge in [0.2, 0.25) is 5.43 Å². The number of fused-ring (bicyclic) bond motifs is 1. The van der Waals surface area contributed by atoms with Crippen molar-refractivity contribution >= 4 is 56.7 Å². The minimum Gasteiger partial charge on any atom is -0.384 e. The van der Waals surface area contributed by atoms with Crippen molar-refractivity contribution in [3.8, 4) is 11.3 Å². The molecule has 0 atom stereocenters. The SMILES string of the molecule is CCn1c(N)c(C(=O)NC)c(=O)c2ccc(-c3ccc(NS(=O)(=O)c4ccc(N5CCOCC5)nc4)c(F)c3)nc21.Cl. The van der Waals surface area contributed by atoms with Crippen LogP contribution in [-0.2, 0) is 21.3 Å². The zero-order valence-corrected chi connectivity index (χ0v) is 24.4. The monoisotopic (exact) mass is 617 g/mol. The zero-order valence-electron chi connectivity index (χ0n) is 22.8. The van der Waals surface area contributed by atoms with Gasteiger partial charge in [-0.1, -0.05) is 6.07 Å². The maximum atomic E-state index is 15.1. The average molecular weight is 618 g/mol. The maximum Gasteiger partial charge on any atom is 0.263 e. The molecule has 1 aliphatic heterocycles. The van der Waals surface area contributed by atoms with E-state index < -0.39 is 27.2 Å². The smallest absolute Gasteiger partial charge is 0.263 e. The molecule has 15 heteroatoms. The Morgan fingerprint density at radius 2 is 1.88 bits per heavy atom. The Balaban J connectivity index is 0.00000405. The van der Waals surface area contributed by atoms with Crippen LogP contribution >= 0.6 is 12.4 Å². The summed E-state index contributed by atoms with van der Waals surface area (Å²) in [5, 5.41) is 2.60. The summed E-state index contributed by atoms with van der Waals surface area (Å²) in [4.78, 5) is 35.9. The molecule has 0 unspecified atom stereocenters. The highest BCUT2D eigenvalue weighted by molar-refractivity contribution is 7.92. The summed E-state index contributed by atoms with van der Waals surface area (Å²) in [6.45, 7) is 4.55. The van der Waals surface area contributed by atoms with Gasteiger partial charge in [0.15, 0.2) is 0 Å². The lowest BCUT2D eigenvalue weighted by Crippen LogP contribution is -2.36. The molecule has 4 heterocycles. The number of nitrogen functional groups attached to an aromatic ring is 1. The summed E-state index contributed by atoms with van der Waals surface area (Å²) in [6.07, 6.45) is 1.23. The summed E-state index contributed by atoms with van der Waals surface area (Å²) in [6, 6.07) is 9.98. The number of sulfonamides is 1. The first-order chi connectivity index (χ1) is 19.6. The van der Waals surface area contributed by atoms with E-state index in [0.717, 1.165) is 6.07 Å². The van der Waals surface area contributed by atoms with E-state index in [9.17, 15) is 18.0 Å². The zero-order chi connectivity index (χ0) is 29.3. The van der Waals surface area contributed by atoms with Crippen molar-refractivity contribution in [2.45, 2.75) is 18.4 Å². The number of halogens is 2. The van der Waals surface area contributed by atoms with Crippen LogP contribution in [0.25, 0.3) is 22.3 Å². The third kappa shape index (κ3) is 5.73. The second-order valence-corrected chi connectivity index (χ2v) is 10.9. The van der Waals surface area contributed by atoms with Gasteiger partial charge in [0.25, 0.3) is 15.9 Å². The highest BCUT2D eigenvalue weighted by Gasteiger charge is 2.22. The number of nitrogens with zero attached hydrogens (tertiary/aromatic N) is 4. The van der Waals surface area contributed by atoms with E-state index in [4.69, 9.17) is 10.5 Å². The van der Waals surface area contributed by atoms with Gasteiger partial charge < -0.3 is 25.3 Å². The van der Waals surface area contributed by atoms with E-state index >= 15 is 4.39 Å². The van der Waals surface area contributed by atoms with E-state index in [-0.39, 0.29) is 45.4 Å². The Bertz CT molecular complexity index is 1810. The Labute approximate surface area is 247 Å². The molecule has 1 aromatic carbocycles. The van der Waals surface area contributed by atoms with E-state index in [2.05, 4.69) is 20.0 Å². The quantitative estimate of drug-likeness (QED) is 0.283. The molecule has 1 fully saturated rings. The molecule has 0 saturated carbocycles. The van der Waals surface area contributed by atoms with Gasteiger partial charge in [-0.25, -0.2) is 22.8 Å². The van der Waals surface area contributed by atoms with Crippen LogP contribution in [0.2, 0.25) is 0 Å².